The Morgan fingerprint density at radius 2 is 1.76 bits per heavy atom. The number of benzene rings is 2. The monoisotopic (exact) mass is 397 g/mol. The van der Waals surface area contributed by atoms with Gasteiger partial charge >= 0.3 is 12.2 Å². The van der Waals surface area contributed by atoms with Crippen LogP contribution in [0.4, 0.5) is 23.7 Å². The highest BCUT2D eigenvalue weighted by molar-refractivity contribution is 5.98. The number of rotatable bonds is 3. The van der Waals surface area contributed by atoms with E-state index in [0.717, 1.165) is 17.5 Å². The van der Waals surface area contributed by atoms with Gasteiger partial charge in [-0.25, -0.2) is 4.79 Å². The van der Waals surface area contributed by atoms with Gasteiger partial charge < -0.3 is 10.1 Å². The maximum absolute atomic E-state index is 12.8. The van der Waals surface area contributed by atoms with E-state index in [1.54, 1.807) is 55.0 Å². The minimum atomic E-state index is -4.48. The minimum Gasteiger partial charge on any atom is -0.457 e. The van der Waals surface area contributed by atoms with Crippen molar-refractivity contribution >= 4 is 22.6 Å². The first-order valence-corrected chi connectivity index (χ1v) is 8.58. The molecule has 8 heteroatoms. The summed E-state index contributed by atoms with van der Waals surface area (Å²) in [5.74, 6) is 1.21. The van der Waals surface area contributed by atoms with Crippen LogP contribution in [0.3, 0.4) is 0 Å². The summed E-state index contributed by atoms with van der Waals surface area (Å²) in [5.41, 5.74) is -0.175. The van der Waals surface area contributed by atoms with Gasteiger partial charge in [0.15, 0.2) is 0 Å². The first-order valence-electron chi connectivity index (χ1n) is 8.58. The van der Waals surface area contributed by atoms with Gasteiger partial charge in [0.1, 0.15) is 11.5 Å². The van der Waals surface area contributed by atoms with Crippen LogP contribution in [-0.4, -0.2) is 15.6 Å². The number of carbonyl (C=O) groups excluding carboxylic acids is 1. The molecule has 0 aliphatic heterocycles. The van der Waals surface area contributed by atoms with E-state index in [2.05, 4.69) is 10.3 Å². The highest BCUT2D eigenvalue weighted by Gasteiger charge is 2.30. The number of anilines is 1. The zero-order chi connectivity index (χ0) is 20.4. The number of ether oxygens (including phenoxy) is 1. The van der Waals surface area contributed by atoms with E-state index in [1.807, 2.05) is 0 Å². The Morgan fingerprint density at radius 3 is 2.52 bits per heavy atom. The molecule has 0 bridgehead atoms. The highest BCUT2D eigenvalue weighted by Crippen LogP contribution is 2.31. The third kappa shape index (κ3) is 4.06. The summed E-state index contributed by atoms with van der Waals surface area (Å²) in [7, 11) is 0. The van der Waals surface area contributed by atoms with Crippen molar-refractivity contribution in [1.82, 2.24) is 9.55 Å². The van der Waals surface area contributed by atoms with Crippen LogP contribution in [0.2, 0.25) is 0 Å². The quantitative estimate of drug-likeness (QED) is 0.466. The number of hydrogen-bond acceptors (Lipinski definition) is 3. The summed E-state index contributed by atoms with van der Waals surface area (Å²) in [6.45, 7) is 0. The molecule has 1 amide bonds. The maximum Gasteiger partial charge on any atom is 0.416 e. The molecule has 0 unspecified atom stereocenters. The van der Waals surface area contributed by atoms with Crippen LogP contribution in [0.1, 0.15) is 5.56 Å². The molecule has 0 aliphatic carbocycles. The van der Waals surface area contributed by atoms with Crippen LogP contribution in [-0.2, 0) is 6.18 Å². The van der Waals surface area contributed by atoms with Gasteiger partial charge in [0.25, 0.3) is 0 Å². The molecule has 0 radical (unpaired) electrons. The van der Waals surface area contributed by atoms with E-state index >= 15 is 0 Å². The predicted octanol–water partition coefficient (Wildman–Crippen LogP) is 5.93. The van der Waals surface area contributed by atoms with Crippen molar-refractivity contribution in [2.24, 2.45) is 0 Å². The summed E-state index contributed by atoms with van der Waals surface area (Å²) in [4.78, 5) is 16.5. The molecule has 0 saturated heterocycles. The van der Waals surface area contributed by atoms with Crippen LogP contribution >= 0.6 is 0 Å². The number of aromatic nitrogens is 2. The molecule has 1 N–H and O–H groups in total. The SMILES string of the molecule is O=C(Nc1cccc(C(F)(F)F)c1)n1ccc2cc(Oc3ccncc3)ccc21. The second-order valence-electron chi connectivity index (χ2n) is 6.20. The van der Waals surface area contributed by atoms with Crippen molar-refractivity contribution in [1.29, 1.82) is 0 Å². The number of nitrogens with zero attached hydrogens (tertiary/aromatic N) is 2. The predicted molar refractivity (Wildman–Crippen MR) is 102 cm³/mol. The van der Waals surface area contributed by atoms with Gasteiger partial charge in [-0.3, -0.25) is 9.55 Å². The Bertz CT molecular complexity index is 1170. The largest absolute Gasteiger partial charge is 0.457 e. The lowest BCUT2D eigenvalue weighted by atomic mass is 10.2. The topological polar surface area (TPSA) is 56.2 Å². The molecule has 146 valence electrons. The summed E-state index contributed by atoms with van der Waals surface area (Å²) < 4.78 is 45.6. The molecule has 2 heterocycles. The Hall–Kier alpha value is -3.81. The third-order valence-corrected chi connectivity index (χ3v) is 4.21. The lowest BCUT2D eigenvalue weighted by Crippen LogP contribution is -2.18. The summed E-state index contributed by atoms with van der Waals surface area (Å²) >= 11 is 0. The molecule has 29 heavy (non-hydrogen) atoms. The van der Waals surface area contributed by atoms with E-state index in [1.165, 1.54) is 16.7 Å². The molecule has 5 nitrogen and oxygen atoms in total. The molecule has 4 rings (SSSR count). The standard InChI is InChI=1S/C21H14F3N3O2/c22-21(23,24)15-2-1-3-16(13-15)26-20(28)27-11-8-14-12-18(4-5-19(14)27)29-17-6-9-25-10-7-17/h1-13H,(H,26,28). The first kappa shape index (κ1) is 18.5. The Kier molecular flexibility index (Phi) is 4.67. The molecule has 0 aliphatic rings. The minimum absolute atomic E-state index is 0.0596. The van der Waals surface area contributed by atoms with Crippen LogP contribution < -0.4 is 10.1 Å². The summed E-state index contributed by atoms with van der Waals surface area (Å²) in [6, 6.07) is 14.3. The van der Waals surface area contributed by atoms with Crippen LogP contribution in [0.5, 0.6) is 11.5 Å². The number of hydrogen-bond donors (Lipinski definition) is 1. The van der Waals surface area contributed by atoms with Crippen LogP contribution in [0, 0.1) is 0 Å². The average Bonchev–Trinajstić information content (AvgIpc) is 3.12. The zero-order valence-electron chi connectivity index (χ0n) is 14.9. The van der Waals surface area contributed by atoms with E-state index in [-0.39, 0.29) is 5.69 Å². The van der Waals surface area contributed by atoms with Gasteiger partial charge in [-0.05, 0) is 54.6 Å². The second kappa shape index (κ2) is 7.31. The highest BCUT2D eigenvalue weighted by atomic mass is 19.4. The molecular weight excluding hydrogens is 383 g/mol. The van der Waals surface area contributed by atoms with Gasteiger partial charge in [-0.1, -0.05) is 6.07 Å². The zero-order valence-corrected chi connectivity index (χ0v) is 14.9. The fourth-order valence-corrected chi connectivity index (χ4v) is 2.86. The van der Waals surface area contributed by atoms with Crippen molar-refractivity contribution in [2.75, 3.05) is 5.32 Å². The molecule has 2 aromatic heterocycles. The number of alkyl halides is 3. The fraction of sp³-hybridized carbons (Fsp3) is 0.0476. The van der Waals surface area contributed by atoms with Gasteiger partial charge in [0.2, 0.25) is 0 Å². The normalized spacial score (nSPS) is 11.4. The van der Waals surface area contributed by atoms with Crippen molar-refractivity contribution in [2.45, 2.75) is 6.18 Å². The van der Waals surface area contributed by atoms with Gasteiger partial charge in [-0.15, -0.1) is 0 Å². The molecule has 0 spiro atoms. The molecule has 0 atom stereocenters. The second-order valence-corrected chi connectivity index (χ2v) is 6.20. The molecular formula is C21H14F3N3O2. The molecule has 4 aromatic rings. The van der Waals surface area contributed by atoms with Gasteiger partial charge in [0, 0.05) is 29.7 Å². The van der Waals surface area contributed by atoms with E-state index in [4.69, 9.17) is 4.74 Å². The molecule has 2 aromatic carbocycles. The fourth-order valence-electron chi connectivity index (χ4n) is 2.86. The molecule has 0 saturated carbocycles. The number of nitrogens with one attached hydrogen (secondary N) is 1. The van der Waals surface area contributed by atoms with E-state index < -0.39 is 17.8 Å². The summed E-state index contributed by atoms with van der Waals surface area (Å²) in [5, 5.41) is 3.24. The Morgan fingerprint density at radius 1 is 0.966 bits per heavy atom. The Labute approximate surface area is 163 Å². The Balaban J connectivity index is 1.56. The number of amides is 1. The van der Waals surface area contributed by atoms with Crippen molar-refractivity contribution < 1.29 is 22.7 Å². The molecule has 0 fully saturated rings. The van der Waals surface area contributed by atoms with Crippen molar-refractivity contribution in [3.05, 3.63) is 84.8 Å². The number of pyridine rings is 1. The van der Waals surface area contributed by atoms with Gasteiger partial charge in [0.05, 0.1) is 11.1 Å². The van der Waals surface area contributed by atoms with Crippen LogP contribution in [0.15, 0.2) is 79.3 Å². The lowest BCUT2D eigenvalue weighted by molar-refractivity contribution is -0.137. The van der Waals surface area contributed by atoms with Crippen molar-refractivity contribution in [3.8, 4) is 11.5 Å². The third-order valence-electron chi connectivity index (χ3n) is 4.21. The van der Waals surface area contributed by atoms with Gasteiger partial charge in [-0.2, -0.15) is 13.2 Å². The van der Waals surface area contributed by atoms with E-state index in [9.17, 15) is 18.0 Å². The summed E-state index contributed by atoms with van der Waals surface area (Å²) in [6.07, 6.45) is 0.292. The smallest absolute Gasteiger partial charge is 0.416 e. The first-order chi connectivity index (χ1) is 13.9. The number of halogens is 3. The number of carbonyl (C=O) groups is 1. The van der Waals surface area contributed by atoms with Crippen molar-refractivity contribution in [3.63, 3.8) is 0 Å². The van der Waals surface area contributed by atoms with E-state index in [0.29, 0.717) is 17.0 Å². The maximum atomic E-state index is 12.8. The average molecular weight is 397 g/mol. The van der Waals surface area contributed by atoms with Crippen LogP contribution in [0.25, 0.3) is 10.9 Å². The number of fused-ring (bicyclic) bond motifs is 1. The lowest BCUT2D eigenvalue weighted by Gasteiger charge is -2.11.